The van der Waals surface area contributed by atoms with Gasteiger partial charge in [-0.3, -0.25) is 9.59 Å². The summed E-state index contributed by atoms with van der Waals surface area (Å²) in [6, 6.07) is 5.23. The molecule has 0 aliphatic heterocycles. The summed E-state index contributed by atoms with van der Waals surface area (Å²) in [5.74, 6) is 0.427. The predicted octanol–water partition coefficient (Wildman–Crippen LogP) is 4.73. The second-order valence-electron chi connectivity index (χ2n) is 7.22. The summed E-state index contributed by atoms with van der Waals surface area (Å²) in [5.41, 5.74) is 7.95. The molecule has 5 nitrogen and oxygen atoms in total. The zero-order chi connectivity index (χ0) is 20.3. The van der Waals surface area contributed by atoms with Crippen LogP contribution in [0, 0.1) is 12.8 Å². The Labute approximate surface area is 174 Å². The van der Waals surface area contributed by atoms with Crippen LogP contribution in [-0.2, 0) is 17.6 Å². The number of thiophene rings is 1. The third-order valence-electron chi connectivity index (χ3n) is 5.06. The van der Waals surface area contributed by atoms with Crippen LogP contribution in [0.25, 0.3) is 0 Å². The van der Waals surface area contributed by atoms with Crippen LogP contribution in [0.1, 0.15) is 52.5 Å². The lowest BCUT2D eigenvalue weighted by atomic mass is 9.84. The smallest absolute Gasteiger partial charge is 0.262 e. The Morgan fingerprint density at radius 1 is 1.39 bits per heavy atom. The van der Waals surface area contributed by atoms with E-state index >= 15 is 0 Å². The number of nitrogens with one attached hydrogen (secondary N) is 1. The fourth-order valence-electron chi connectivity index (χ4n) is 3.74. The molecule has 7 heteroatoms. The molecule has 3 N–H and O–H groups in total. The number of hydrogen-bond donors (Lipinski definition) is 2. The maximum atomic E-state index is 12.4. The maximum absolute atomic E-state index is 12.4. The SMILES string of the molecule is CCCC1CCc2c(sc(NC(=O)COc3ccc(Cl)cc3C)c2C(N)=O)C1. The van der Waals surface area contributed by atoms with Crippen LogP contribution < -0.4 is 15.8 Å². The number of anilines is 1. The van der Waals surface area contributed by atoms with Crippen LogP contribution in [0.2, 0.25) is 5.02 Å². The van der Waals surface area contributed by atoms with E-state index in [0.29, 0.717) is 27.3 Å². The Bertz CT molecular complexity index is 894. The lowest BCUT2D eigenvalue weighted by Gasteiger charge is -2.21. The average molecular weight is 421 g/mol. The summed E-state index contributed by atoms with van der Waals surface area (Å²) in [7, 11) is 0. The van der Waals surface area contributed by atoms with Gasteiger partial charge in [0, 0.05) is 9.90 Å². The first-order valence-corrected chi connectivity index (χ1v) is 10.7. The first kappa shape index (κ1) is 20.7. The number of hydrogen-bond acceptors (Lipinski definition) is 4. The quantitative estimate of drug-likeness (QED) is 0.679. The molecule has 0 fully saturated rings. The van der Waals surface area contributed by atoms with Crippen molar-refractivity contribution < 1.29 is 14.3 Å². The summed E-state index contributed by atoms with van der Waals surface area (Å²) in [4.78, 5) is 25.6. The Morgan fingerprint density at radius 3 is 2.86 bits per heavy atom. The van der Waals surface area contributed by atoms with E-state index in [9.17, 15) is 9.59 Å². The fourth-order valence-corrected chi connectivity index (χ4v) is 5.35. The van der Waals surface area contributed by atoms with Crippen molar-refractivity contribution in [2.75, 3.05) is 11.9 Å². The highest BCUT2D eigenvalue weighted by atomic mass is 35.5. The van der Waals surface area contributed by atoms with Crippen LogP contribution >= 0.6 is 22.9 Å². The molecule has 1 unspecified atom stereocenters. The number of aryl methyl sites for hydroxylation is 1. The van der Waals surface area contributed by atoms with Crippen LogP contribution in [0.5, 0.6) is 5.75 Å². The Balaban J connectivity index is 1.71. The van der Waals surface area contributed by atoms with E-state index in [2.05, 4.69) is 12.2 Å². The molecule has 28 heavy (non-hydrogen) atoms. The summed E-state index contributed by atoms with van der Waals surface area (Å²) in [5, 5.41) is 3.98. The second-order valence-corrected chi connectivity index (χ2v) is 8.76. The highest BCUT2D eigenvalue weighted by Crippen LogP contribution is 2.40. The van der Waals surface area contributed by atoms with E-state index in [1.54, 1.807) is 18.2 Å². The van der Waals surface area contributed by atoms with Gasteiger partial charge in [-0.1, -0.05) is 31.4 Å². The Kier molecular flexibility index (Phi) is 6.62. The van der Waals surface area contributed by atoms with Crippen molar-refractivity contribution in [2.45, 2.75) is 46.0 Å². The van der Waals surface area contributed by atoms with Crippen molar-refractivity contribution in [2.24, 2.45) is 11.7 Å². The number of nitrogens with two attached hydrogens (primary N) is 1. The highest BCUT2D eigenvalue weighted by molar-refractivity contribution is 7.17. The van der Waals surface area contributed by atoms with Crippen molar-refractivity contribution in [3.63, 3.8) is 0 Å². The summed E-state index contributed by atoms with van der Waals surface area (Å²) in [6.45, 7) is 3.90. The van der Waals surface area contributed by atoms with E-state index in [1.165, 1.54) is 22.6 Å². The Hall–Kier alpha value is -2.05. The number of carbonyl (C=O) groups excluding carboxylic acids is 2. The largest absolute Gasteiger partial charge is 0.483 e. The van der Waals surface area contributed by atoms with Gasteiger partial charge in [0.2, 0.25) is 0 Å². The zero-order valence-corrected chi connectivity index (χ0v) is 17.7. The minimum absolute atomic E-state index is 0.151. The van der Waals surface area contributed by atoms with Gasteiger partial charge in [0.1, 0.15) is 10.8 Å². The molecule has 3 rings (SSSR count). The van der Waals surface area contributed by atoms with Gasteiger partial charge in [0.15, 0.2) is 6.61 Å². The van der Waals surface area contributed by atoms with Gasteiger partial charge in [-0.05, 0) is 61.4 Å². The molecule has 0 spiro atoms. The number of carbonyl (C=O) groups is 2. The monoisotopic (exact) mass is 420 g/mol. The van der Waals surface area contributed by atoms with Crippen molar-refractivity contribution in [3.8, 4) is 5.75 Å². The van der Waals surface area contributed by atoms with Gasteiger partial charge in [0.25, 0.3) is 11.8 Å². The van der Waals surface area contributed by atoms with E-state index in [-0.39, 0.29) is 12.5 Å². The first-order chi connectivity index (χ1) is 13.4. The average Bonchev–Trinajstić information content (AvgIpc) is 2.98. The number of amides is 2. The van der Waals surface area contributed by atoms with Crippen molar-refractivity contribution >= 4 is 39.8 Å². The van der Waals surface area contributed by atoms with E-state index in [0.717, 1.165) is 36.8 Å². The summed E-state index contributed by atoms with van der Waals surface area (Å²) < 4.78 is 5.59. The van der Waals surface area contributed by atoms with Crippen molar-refractivity contribution in [3.05, 3.63) is 44.8 Å². The predicted molar refractivity (Wildman–Crippen MR) is 114 cm³/mol. The Morgan fingerprint density at radius 2 is 2.18 bits per heavy atom. The molecule has 0 saturated carbocycles. The van der Waals surface area contributed by atoms with Gasteiger partial charge in [-0.2, -0.15) is 0 Å². The molecule has 0 bridgehead atoms. The lowest BCUT2D eigenvalue weighted by Crippen LogP contribution is -2.23. The molecule has 1 aliphatic carbocycles. The van der Waals surface area contributed by atoms with Gasteiger partial charge in [-0.15, -0.1) is 11.3 Å². The molecule has 0 radical (unpaired) electrons. The fraction of sp³-hybridized carbons (Fsp3) is 0.429. The normalized spacial score (nSPS) is 15.8. The molecule has 1 atom stereocenters. The third-order valence-corrected chi connectivity index (χ3v) is 6.46. The van der Waals surface area contributed by atoms with Gasteiger partial charge in [-0.25, -0.2) is 0 Å². The number of halogens is 1. The number of rotatable bonds is 7. The molecule has 2 amide bonds. The highest BCUT2D eigenvalue weighted by Gasteiger charge is 2.28. The second kappa shape index (κ2) is 8.97. The van der Waals surface area contributed by atoms with E-state index in [1.807, 2.05) is 6.92 Å². The van der Waals surface area contributed by atoms with Crippen LogP contribution in [0.4, 0.5) is 5.00 Å². The molecule has 1 heterocycles. The third kappa shape index (κ3) is 4.67. The minimum atomic E-state index is -0.490. The van der Waals surface area contributed by atoms with Crippen LogP contribution in [-0.4, -0.2) is 18.4 Å². The maximum Gasteiger partial charge on any atom is 0.262 e. The van der Waals surface area contributed by atoms with Crippen LogP contribution in [0.15, 0.2) is 18.2 Å². The van der Waals surface area contributed by atoms with E-state index < -0.39 is 5.91 Å². The summed E-state index contributed by atoms with van der Waals surface area (Å²) in [6.07, 6.45) is 5.18. The lowest BCUT2D eigenvalue weighted by molar-refractivity contribution is -0.118. The van der Waals surface area contributed by atoms with Gasteiger partial charge < -0.3 is 15.8 Å². The zero-order valence-electron chi connectivity index (χ0n) is 16.1. The minimum Gasteiger partial charge on any atom is -0.483 e. The first-order valence-electron chi connectivity index (χ1n) is 9.52. The number of primary amides is 1. The molecule has 1 aliphatic rings. The standard InChI is InChI=1S/C21H25ClN2O3S/c1-3-4-13-5-7-15-17(10-13)28-21(19(15)20(23)26)24-18(25)11-27-16-8-6-14(22)9-12(16)2/h6,8-9,13H,3-5,7,10-11H2,1-2H3,(H2,23,26)(H,24,25). The summed E-state index contributed by atoms with van der Waals surface area (Å²) >= 11 is 7.41. The molecule has 1 aromatic carbocycles. The number of benzene rings is 1. The topological polar surface area (TPSA) is 81.4 Å². The molecule has 2 aromatic rings. The molecular formula is C21H25ClN2O3S. The number of fused-ring (bicyclic) bond motifs is 1. The molecule has 0 saturated heterocycles. The molecule has 150 valence electrons. The van der Waals surface area contributed by atoms with Gasteiger partial charge >= 0.3 is 0 Å². The number of ether oxygens (including phenoxy) is 1. The molecular weight excluding hydrogens is 396 g/mol. The van der Waals surface area contributed by atoms with Crippen LogP contribution in [0.3, 0.4) is 0 Å². The molecule has 1 aromatic heterocycles. The van der Waals surface area contributed by atoms with Crippen molar-refractivity contribution in [1.82, 2.24) is 0 Å². The van der Waals surface area contributed by atoms with Crippen molar-refractivity contribution in [1.29, 1.82) is 0 Å². The van der Waals surface area contributed by atoms with E-state index in [4.69, 9.17) is 22.1 Å². The van der Waals surface area contributed by atoms with Gasteiger partial charge in [0.05, 0.1) is 5.56 Å².